The van der Waals surface area contributed by atoms with Crippen molar-refractivity contribution >= 4 is 58.2 Å². The molecule has 3 aliphatic rings. The molecule has 0 radical (unpaired) electrons. The van der Waals surface area contributed by atoms with Crippen LogP contribution in [0, 0.1) is 0 Å². The Morgan fingerprint density at radius 3 is 2.49 bits per heavy atom. The molecule has 39 heavy (non-hydrogen) atoms. The number of aliphatic hydroxyl groups is 1. The van der Waals surface area contributed by atoms with E-state index in [9.17, 15) is 27.9 Å². The normalized spacial score (nSPS) is 20.9. The third kappa shape index (κ3) is 6.16. The van der Waals surface area contributed by atoms with E-state index in [-0.39, 0.29) is 43.3 Å². The molecule has 0 aromatic heterocycles. The monoisotopic (exact) mass is 595 g/mol. The Balaban J connectivity index is 1.25. The molecule has 3 heterocycles. The van der Waals surface area contributed by atoms with Gasteiger partial charge >= 0.3 is 6.18 Å². The number of benzene rings is 2. The molecule has 2 fully saturated rings. The molecular weight excluding hydrogens is 571 g/mol. The van der Waals surface area contributed by atoms with Crippen molar-refractivity contribution < 1.29 is 27.9 Å². The van der Waals surface area contributed by atoms with Gasteiger partial charge < -0.3 is 14.9 Å². The summed E-state index contributed by atoms with van der Waals surface area (Å²) >= 11 is 8.94. The van der Waals surface area contributed by atoms with Crippen LogP contribution in [-0.4, -0.2) is 69.6 Å². The van der Waals surface area contributed by atoms with Crippen molar-refractivity contribution in [3.63, 3.8) is 0 Å². The van der Waals surface area contributed by atoms with Crippen molar-refractivity contribution in [1.82, 2.24) is 9.80 Å². The number of amides is 2. The SMILES string of the molecule is O=C1N=C(N2CCSCC2)S/C1=C/c1cccc(C(=O)N2CCC(O)(c3ccc(Cl)c(C(F)(F)F)c3)CC2)c1. The minimum absolute atomic E-state index is 0.0850. The number of piperidine rings is 1. The van der Waals surface area contributed by atoms with Gasteiger partial charge in [-0.05, 0) is 66.1 Å². The van der Waals surface area contributed by atoms with Gasteiger partial charge in [0.2, 0.25) is 0 Å². The molecule has 0 atom stereocenters. The van der Waals surface area contributed by atoms with Crippen LogP contribution >= 0.6 is 35.1 Å². The van der Waals surface area contributed by atoms with E-state index >= 15 is 0 Å². The zero-order chi connectivity index (χ0) is 27.8. The second kappa shape index (κ2) is 11.2. The summed E-state index contributed by atoms with van der Waals surface area (Å²) in [6.07, 6.45) is -2.74. The van der Waals surface area contributed by atoms with Gasteiger partial charge in [0.25, 0.3) is 11.8 Å². The van der Waals surface area contributed by atoms with Crippen molar-refractivity contribution in [2.45, 2.75) is 24.6 Å². The number of nitrogens with zero attached hydrogens (tertiary/aromatic N) is 3. The summed E-state index contributed by atoms with van der Waals surface area (Å²) in [5, 5.41) is 11.4. The molecule has 0 saturated carbocycles. The van der Waals surface area contributed by atoms with Crippen LogP contribution in [0.5, 0.6) is 0 Å². The predicted molar refractivity (Wildman–Crippen MR) is 149 cm³/mol. The van der Waals surface area contributed by atoms with Gasteiger partial charge in [-0.15, -0.1) is 0 Å². The lowest BCUT2D eigenvalue weighted by Gasteiger charge is -2.39. The molecule has 2 amide bonds. The van der Waals surface area contributed by atoms with Crippen LogP contribution in [0.15, 0.2) is 52.4 Å². The lowest BCUT2D eigenvalue weighted by atomic mass is 9.83. The maximum absolute atomic E-state index is 13.3. The lowest BCUT2D eigenvalue weighted by molar-refractivity contribution is -0.137. The maximum Gasteiger partial charge on any atom is 0.417 e. The van der Waals surface area contributed by atoms with E-state index in [1.54, 1.807) is 35.2 Å². The van der Waals surface area contributed by atoms with Crippen LogP contribution in [0.4, 0.5) is 13.2 Å². The van der Waals surface area contributed by atoms with Crippen molar-refractivity contribution in [1.29, 1.82) is 0 Å². The van der Waals surface area contributed by atoms with Gasteiger partial charge in [-0.2, -0.15) is 29.9 Å². The molecule has 2 saturated heterocycles. The Morgan fingerprint density at radius 2 is 1.79 bits per heavy atom. The van der Waals surface area contributed by atoms with Crippen LogP contribution in [0.25, 0.3) is 6.08 Å². The number of hydrogen-bond acceptors (Lipinski definition) is 6. The highest BCUT2D eigenvalue weighted by atomic mass is 35.5. The van der Waals surface area contributed by atoms with Crippen LogP contribution < -0.4 is 0 Å². The second-order valence-corrected chi connectivity index (χ2v) is 12.2. The van der Waals surface area contributed by atoms with Gasteiger partial charge in [0, 0.05) is 43.2 Å². The number of rotatable bonds is 3. The average molecular weight is 596 g/mol. The summed E-state index contributed by atoms with van der Waals surface area (Å²) < 4.78 is 39.9. The number of alkyl halides is 3. The van der Waals surface area contributed by atoms with Crippen LogP contribution in [-0.2, 0) is 16.6 Å². The van der Waals surface area contributed by atoms with E-state index < -0.39 is 22.4 Å². The third-order valence-electron chi connectivity index (χ3n) is 7.01. The Labute approximate surface area is 237 Å². The van der Waals surface area contributed by atoms with Gasteiger partial charge in [0.15, 0.2) is 5.17 Å². The quantitative estimate of drug-likeness (QED) is 0.473. The van der Waals surface area contributed by atoms with E-state index in [0.717, 1.165) is 36.7 Å². The number of hydrogen-bond donors (Lipinski definition) is 1. The molecule has 2 aromatic rings. The maximum atomic E-state index is 13.3. The summed E-state index contributed by atoms with van der Waals surface area (Å²) in [6.45, 7) is 2.05. The first-order valence-electron chi connectivity index (χ1n) is 12.4. The fourth-order valence-corrected chi connectivity index (χ4v) is 6.88. The van der Waals surface area contributed by atoms with Crippen molar-refractivity contribution in [3.8, 4) is 0 Å². The fourth-order valence-electron chi connectivity index (χ4n) is 4.78. The molecule has 0 unspecified atom stereocenters. The van der Waals surface area contributed by atoms with E-state index in [2.05, 4.69) is 9.89 Å². The molecule has 1 N–H and O–H groups in total. The summed E-state index contributed by atoms with van der Waals surface area (Å²) in [4.78, 5) is 34.1. The predicted octanol–water partition coefficient (Wildman–Crippen LogP) is 5.50. The average Bonchev–Trinajstić information content (AvgIpc) is 3.28. The summed E-state index contributed by atoms with van der Waals surface area (Å²) in [5.41, 5.74) is -1.25. The Kier molecular flexibility index (Phi) is 8.05. The highest BCUT2D eigenvalue weighted by Crippen LogP contribution is 2.40. The van der Waals surface area contributed by atoms with E-state index in [1.165, 1.54) is 17.8 Å². The third-order valence-corrected chi connectivity index (χ3v) is 9.33. The van der Waals surface area contributed by atoms with Crippen molar-refractivity contribution in [3.05, 3.63) is 74.6 Å². The number of halogens is 4. The molecule has 0 bridgehead atoms. The summed E-state index contributed by atoms with van der Waals surface area (Å²) in [5.74, 6) is 1.45. The van der Waals surface area contributed by atoms with Gasteiger partial charge in [-0.25, -0.2) is 0 Å². The van der Waals surface area contributed by atoms with Gasteiger partial charge in [-0.1, -0.05) is 29.8 Å². The Bertz CT molecular complexity index is 1350. The first-order chi connectivity index (χ1) is 18.5. The standard InChI is InChI=1S/C27H25ClF3N3O3S2/c28-21-5-4-19(16-20(21)27(29,30)31)26(37)6-8-33(9-7-26)24(36)18-3-1-2-17(14-18)15-22-23(35)32-25(39-22)34-10-12-38-13-11-34/h1-5,14-16,37H,6-13H2/b22-15+. The number of amidine groups is 1. The number of aliphatic imine (C=N–C) groups is 1. The zero-order valence-electron chi connectivity index (χ0n) is 20.7. The highest BCUT2D eigenvalue weighted by molar-refractivity contribution is 8.18. The largest absolute Gasteiger partial charge is 0.417 e. The van der Waals surface area contributed by atoms with Gasteiger partial charge in [0.1, 0.15) is 0 Å². The Hall–Kier alpha value is -2.47. The minimum atomic E-state index is -4.64. The Morgan fingerprint density at radius 1 is 1.08 bits per heavy atom. The fraction of sp³-hybridized carbons (Fsp3) is 0.370. The summed E-state index contributed by atoms with van der Waals surface area (Å²) in [6, 6.07) is 10.3. The lowest BCUT2D eigenvalue weighted by Crippen LogP contribution is -2.45. The number of likely N-dealkylation sites (tertiary alicyclic amines) is 1. The smallest absolute Gasteiger partial charge is 0.385 e. The molecular formula is C27H25ClF3N3O3S2. The molecule has 2 aromatic carbocycles. The molecule has 3 aliphatic heterocycles. The molecule has 206 valence electrons. The van der Waals surface area contributed by atoms with Crippen LogP contribution in [0.1, 0.15) is 39.9 Å². The first-order valence-corrected chi connectivity index (χ1v) is 14.7. The van der Waals surface area contributed by atoms with Crippen molar-refractivity contribution in [2.24, 2.45) is 4.99 Å². The van der Waals surface area contributed by atoms with Gasteiger partial charge in [0.05, 0.1) is 21.1 Å². The molecule has 0 aliphatic carbocycles. The van der Waals surface area contributed by atoms with Crippen LogP contribution in [0.2, 0.25) is 5.02 Å². The van der Waals surface area contributed by atoms with E-state index in [0.29, 0.717) is 21.2 Å². The van der Waals surface area contributed by atoms with Crippen molar-refractivity contribution in [2.75, 3.05) is 37.7 Å². The zero-order valence-corrected chi connectivity index (χ0v) is 23.1. The number of carbonyl (C=O) groups is 2. The molecule has 0 spiro atoms. The van der Waals surface area contributed by atoms with Gasteiger partial charge in [-0.3, -0.25) is 9.59 Å². The first kappa shape index (κ1) is 28.1. The molecule has 5 rings (SSSR count). The summed E-state index contributed by atoms with van der Waals surface area (Å²) in [7, 11) is 0. The molecule has 6 nitrogen and oxygen atoms in total. The topological polar surface area (TPSA) is 73.2 Å². The van der Waals surface area contributed by atoms with E-state index in [1.807, 2.05) is 11.8 Å². The number of carbonyl (C=O) groups excluding carboxylic acids is 2. The van der Waals surface area contributed by atoms with Crippen LogP contribution in [0.3, 0.4) is 0 Å². The molecule has 12 heteroatoms. The number of thioether (sulfide) groups is 2. The van der Waals surface area contributed by atoms with E-state index in [4.69, 9.17) is 11.6 Å². The highest BCUT2D eigenvalue weighted by Gasteiger charge is 2.39. The minimum Gasteiger partial charge on any atom is -0.385 e. The second-order valence-electron chi connectivity index (χ2n) is 9.55.